The topological polar surface area (TPSA) is 39.9 Å². The van der Waals surface area contributed by atoms with Gasteiger partial charge in [-0.3, -0.25) is 0 Å². The predicted molar refractivity (Wildman–Crippen MR) is 68.8 cm³/mol. The van der Waals surface area contributed by atoms with Crippen molar-refractivity contribution in [1.82, 2.24) is 15.0 Å². The molecule has 4 nitrogen and oxygen atoms in total. The first-order valence-electron chi connectivity index (χ1n) is 5.89. The molecule has 1 saturated heterocycles. The molecule has 17 heavy (non-hydrogen) atoms. The highest BCUT2D eigenvalue weighted by Gasteiger charge is 2.16. The molecule has 90 valence electrons. The first-order valence-corrected chi connectivity index (χ1v) is 6.69. The summed E-state index contributed by atoms with van der Waals surface area (Å²) in [7, 11) is 0. The third-order valence-corrected chi connectivity index (χ3v) is 3.65. The molecule has 0 bridgehead atoms. The minimum Gasteiger partial charge on any atom is -0.381 e. The van der Waals surface area contributed by atoms with Crippen molar-refractivity contribution in [1.29, 1.82) is 0 Å². The third kappa shape index (κ3) is 2.35. The van der Waals surface area contributed by atoms with Gasteiger partial charge in [0, 0.05) is 23.5 Å². The van der Waals surface area contributed by atoms with E-state index in [9.17, 15) is 0 Å². The lowest BCUT2D eigenvalue weighted by Crippen LogP contribution is -2.22. The van der Waals surface area contributed by atoms with Crippen LogP contribution in [0.2, 0.25) is 0 Å². The molecule has 1 aromatic carbocycles. The fourth-order valence-corrected chi connectivity index (χ4v) is 2.63. The molecule has 0 spiro atoms. The van der Waals surface area contributed by atoms with Gasteiger partial charge >= 0.3 is 0 Å². The normalized spacial score (nSPS) is 20.9. The van der Waals surface area contributed by atoms with Crippen molar-refractivity contribution in [2.24, 2.45) is 5.92 Å². The zero-order valence-corrected chi connectivity index (χ0v) is 11.1. The summed E-state index contributed by atoms with van der Waals surface area (Å²) >= 11 is 3.44. The van der Waals surface area contributed by atoms with Gasteiger partial charge in [-0.2, -0.15) is 0 Å². The molecule has 0 N–H and O–H groups in total. The second-order valence-electron chi connectivity index (χ2n) is 4.49. The van der Waals surface area contributed by atoms with Gasteiger partial charge in [0.2, 0.25) is 0 Å². The number of aromatic nitrogens is 3. The third-order valence-electron chi connectivity index (χ3n) is 3.16. The van der Waals surface area contributed by atoms with Crippen LogP contribution in [-0.4, -0.2) is 28.2 Å². The SMILES string of the molecule is Brc1ccc2c(c1)nnn2CC1CCCOC1. The Morgan fingerprint density at radius 2 is 2.41 bits per heavy atom. The number of nitrogens with zero attached hydrogens (tertiary/aromatic N) is 3. The lowest BCUT2D eigenvalue weighted by molar-refractivity contribution is 0.0473. The van der Waals surface area contributed by atoms with Crippen LogP contribution in [0, 0.1) is 5.92 Å². The second kappa shape index (κ2) is 4.74. The van der Waals surface area contributed by atoms with Crippen LogP contribution in [0.5, 0.6) is 0 Å². The highest BCUT2D eigenvalue weighted by atomic mass is 79.9. The van der Waals surface area contributed by atoms with Gasteiger partial charge < -0.3 is 4.74 Å². The largest absolute Gasteiger partial charge is 0.381 e. The second-order valence-corrected chi connectivity index (χ2v) is 5.40. The molecule has 1 aromatic heterocycles. The first kappa shape index (κ1) is 11.2. The molecule has 5 heteroatoms. The lowest BCUT2D eigenvalue weighted by atomic mass is 10.0. The summed E-state index contributed by atoms with van der Waals surface area (Å²) in [6.07, 6.45) is 2.38. The number of rotatable bonds is 2. The molecule has 0 saturated carbocycles. The first-order chi connectivity index (χ1) is 8.33. The van der Waals surface area contributed by atoms with Crippen LogP contribution < -0.4 is 0 Å². The van der Waals surface area contributed by atoms with E-state index in [-0.39, 0.29) is 0 Å². The molecule has 1 fully saturated rings. The quantitative estimate of drug-likeness (QED) is 0.855. The summed E-state index contributed by atoms with van der Waals surface area (Å²) in [5.41, 5.74) is 2.04. The average Bonchev–Trinajstić information content (AvgIpc) is 2.73. The van der Waals surface area contributed by atoms with E-state index >= 15 is 0 Å². The Hall–Kier alpha value is -0.940. The van der Waals surface area contributed by atoms with Gasteiger partial charge in [0.05, 0.1) is 12.1 Å². The van der Waals surface area contributed by atoms with E-state index in [4.69, 9.17) is 4.74 Å². The van der Waals surface area contributed by atoms with E-state index in [1.807, 2.05) is 16.8 Å². The standard InChI is InChI=1S/C12H14BrN3O/c13-10-3-4-12-11(6-10)14-15-16(12)7-9-2-1-5-17-8-9/h3-4,6,9H,1-2,5,7-8H2. The molecule has 2 heterocycles. The Bertz CT molecular complexity index is 519. The fraction of sp³-hybridized carbons (Fsp3) is 0.500. The smallest absolute Gasteiger partial charge is 0.114 e. The van der Waals surface area contributed by atoms with Crippen molar-refractivity contribution < 1.29 is 4.74 Å². The Kier molecular flexibility index (Phi) is 3.11. The number of hydrogen-bond acceptors (Lipinski definition) is 3. The van der Waals surface area contributed by atoms with Crippen LogP contribution in [0.15, 0.2) is 22.7 Å². The monoisotopic (exact) mass is 295 g/mol. The molecule has 0 radical (unpaired) electrons. The number of hydrogen-bond donors (Lipinski definition) is 0. The molecular weight excluding hydrogens is 282 g/mol. The maximum absolute atomic E-state index is 5.49. The van der Waals surface area contributed by atoms with Gasteiger partial charge in [0.1, 0.15) is 5.52 Å². The maximum atomic E-state index is 5.49. The van der Waals surface area contributed by atoms with E-state index in [1.54, 1.807) is 0 Å². The molecule has 1 atom stereocenters. The predicted octanol–water partition coefficient (Wildman–Crippen LogP) is 2.62. The summed E-state index contributed by atoms with van der Waals surface area (Å²) < 4.78 is 8.52. The molecule has 3 rings (SSSR count). The minimum atomic E-state index is 0.567. The summed E-state index contributed by atoms with van der Waals surface area (Å²) in [4.78, 5) is 0. The molecule has 1 unspecified atom stereocenters. The van der Waals surface area contributed by atoms with Crippen molar-refractivity contribution in [2.75, 3.05) is 13.2 Å². The summed E-state index contributed by atoms with van der Waals surface area (Å²) in [5.74, 6) is 0.567. The molecule has 1 aliphatic rings. The van der Waals surface area contributed by atoms with Crippen LogP contribution in [0.3, 0.4) is 0 Å². The van der Waals surface area contributed by atoms with Gasteiger partial charge in [0.15, 0.2) is 0 Å². The summed E-state index contributed by atoms with van der Waals surface area (Å²) in [5, 5.41) is 8.41. The average molecular weight is 296 g/mol. The van der Waals surface area contributed by atoms with Gasteiger partial charge in [-0.1, -0.05) is 21.1 Å². The fourth-order valence-electron chi connectivity index (χ4n) is 2.28. The van der Waals surface area contributed by atoms with E-state index in [1.165, 1.54) is 6.42 Å². The van der Waals surface area contributed by atoms with Crippen LogP contribution in [-0.2, 0) is 11.3 Å². The van der Waals surface area contributed by atoms with Crippen molar-refractivity contribution >= 4 is 27.0 Å². The highest BCUT2D eigenvalue weighted by molar-refractivity contribution is 9.10. The molecular formula is C12H14BrN3O. The van der Waals surface area contributed by atoms with Crippen LogP contribution in [0.1, 0.15) is 12.8 Å². The highest BCUT2D eigenvalue weighted by Crippen LogP contribution is 2.20. The van der Waals surface area contributed by atoms with Crippen LogP contribution in [0.4, 0.5) is 0 Å². The lowest BCUT2D eigenvalue weighted by Gasteiger charge is -2.21. The number of ether oxygens (including phenoxy) is 1. The number of halogens is 1. The van der Waals surface area contributed by atoms with Gasteiger partial charge in [0.25, 0.3) is 0 Å². The van der Waals surface area contributed by atoms with Crippen molar-refractivity contribution in [3.8, 4) is 0 Å². The Balaban J connectivity index is 1.84. The van der Waals surface area contributed by atoms with Crippen LogP contribution in [0.25, 0.3) is 11.0 Å². The summed E-state index contributed by atoms with van der Waals surface area (Å²) in [6, 6.07) is 6.08. The molecule has 0 aliphatic carbocycles. The zero-order valence-electron chi connectivity index (χ0n) is 9.47. The number of benzene rings is 1. The molecule has 1 aliphatic heterocycles. The van der Waals surface area contributed by atoms with Gasteiger partial charge in [-0.15, -0.1) is 5.10 Å². The molecule has 2 aromatic rings. The van der Waals surface area contributed by atoms with Crippen molar-refractivity contribution in [2.45, 2.75) is 19.4 Å². The summed E-state index contributed by atoms with van der Waals surface area (Å²) in [6.45, 7) is 2.65. The van der Waals surface area contributed by atoms with E-state index < -0.39 is 0 Å². The zero-order chi connectivity index (χ0) is 11.7. The minimum absolute atomic E-state index is 0.567. The van der Waals surface area contributed by atoms with E-state index in [0.717, 1.165) is 41.7 Å². The Morgan fingerprint density at radius 3 is 3.24 bits per heavy atom. The Labute approximate surface area is 108 Å². The van der Waals surface area contributed by atoms with Gasteiger partial charge in [-0.25, -0.2) is 4.68 Å². The van der Waals surface area contributed by atoms with Gasteiger partial charge in [-0.05, 0) is 31.0 Å². The van der Waals surface area contributed by atoms with Crippen molar-refractivity contribution in [3.05, 3.63) is 22.7 Å². The number of fused-ring (bicyclic) bond motifs is 1. The van der Waals surface area contributed by atoms with E-state index in [0.29, 0.717) is 5.92 Å². The van der Waals surface area contributed by atoms with Crippen molar-refractivity contribution in [3.63, 3.8) is 0 Å². The molecule has 0 amide bonds. The Morgan fingerprint density at radius 1 is 1.47 bits per heavy atom. The maximum Gasteiger partial charge on any atom is 0.114 e. The van der Waals surface area contributed by atoms with Crippen LogP contribution >= 0.6 is 15.9 Å². The van der Waals surface area contributed by atoms with E-state index in [2.05, 4.69) is 32.3 Å².